The molecular formula is C20H33Cl2N3O. The molecular weight excluding hydrogens is 369 g/mol. The Balaban J connectivity index is 0.00000169. The van der Waals surface area contributed by atoms with Crippen LogP contribution in [0.3, 0.4) is 0 Å². The van der Waals surface area contributed by atoms with Crippen LogP contribution in [0.2, 0.25) is 0 Å². The molecule has 1 unspecified atom stereocenters. The molecule has 148 valence electrons. The molecule has 0 spiro atoms. The summed E-state index contributed by atoms with van der Waals surface area (Å²) in [5.74, 6) is 0.641. The highest BCUT2D eigenvalue weighted by atomic mass is 35.5. The standard InChI is InChI=1S/C20H31N3O.2ClH/c21-20(11-5-2-6-12-20)19(24)22-15-18-10-14-23(16-18)13-9-17-7-3-1-4-8-17;;/h1,3-4,7-8,18H,2,5-6,9-16,21H2,(H,22,24);2*1H. The van der Waals surface area contributed by atoms with Crippen molar-refractivity contribution in [1.82, 2.24) is 10.2 Å². The zero-order chi connectivity index (χ0) is 16.8. The van der Waals surface area contributed by atoms with Crippen molar-refractivity contribution in [3.63, 3.8) is 0 Å². The van der Waals surface area contributed by atoms with Crippen LogP contribution in [0.25, 0.3) is 0 Å². The third-order valence-electron chi connectivity index (χ3n) is 5.68. The minimum absolute atomic E-state index is 0. The van der Waals surface area contributed by atoms with Crippen molar-refractivity contribution in [2.24, 2.45) is 11.7 Å². The molecule has 2 aliphatic rings. The molecule has 1 saturated heterocycles. The zero-order valence-corrected chi connectivity index (χ0v) is 17.1. The second-order valence-corrected chi connectivity index (χ2v) is 7.62. The van der Waals surface area contributed by atoms with Gasteiger partial charge in [-0.3, -0.25) is 4.79 Å². The van der Waals surface area contributed by atoms with E-state index < -0.39 is 5.54 Å². The van der Waals surface area contributed by atoms with Crippen molar-refractivity contribution in [2.75, 3.05) is 26.2 Å². The van der Waals surface area contributed by atoms with Crippen LogP contribution >= 0.6 is 24.8 Å². The number of likely N-dealkylation sites (tertiary alicyclic amines) is 1. The third kappa shape index (κ3) is 6.41. The maximum Gasteiger partial charge on any atom is 0.240 e. The molecule has 0 radical (unpaired) electrons. The van der Waals surface area contributed by atoms with Crippen LogP contribution in [0.1, 0.15) is 44.1 Å². The number of nitrogens with one attached hydrogen (secondary N) is 1. The van der Waals surface area contributed by atoms with E-state index in [1.54, 1.807) is 0 Å². The number of carbonyl (C=O) groups excluding carboxylic acids is 1. The minimum Gasteiger partial charge on any atom is -0.354 e. The van der Waals surface area contributed by atoms with Gasteiger partial charge in [0, 0.05) is 19.6 Å². The fraction of sp³-hybridized carbons (Fsp3) is 0.650. The molecule has 0 bridgehead atoms. The molecule has 0 aromatic heterocycles. The summed E-state index contributed by atoms with van der Waals surface area (Å²) < 4.78 is 0. The number of hydrogen-bond acceptors (Lipinski definition) is 3. The van der Waals surface area contributed by atoms with E-state index in [4.69, 9.17) is 5.73 Å². The number of amides is 1. The highest BCUT2D eigenvalue weighted by Gasteiger charge is 2.35. The number of rotatable bonds is 6. The Bertz CT molecular complexity index is 535. The SMILES string of the molecule is Cl.Cl.NC1(C(=O)NCC2CCN(CCc3ccccc3)C2)CCCCC1. The summed E-state index contributed by atoms with van der Waals surface area (Å²) in [6.07, 6.45) is 7.34. The van der Waals surface area contributed by atoms with Crippen molar-refractivity contribution in [1.29, 1.82) is 0 Å². The highest BCUT2D eigenvalue weighted by Crippen LogP contribution is 2.26. The molecule has 2 fully saturated rings. The summed E-state index contributed by atoms with van der Waals surface area (Å²) in [6, 6.07) is 10.7. The summed E-state index contributed by atoms with van der Waals surface area (Å²) in [5.41, 5.74) is 7.10. The van der Waals surface area contributed by atoms with Gasteiger partial charge in [-0.1, -0.05) is 49.6 Å². The highest BCUT2D eigenvalue weighted by molar-refractivity contribution is 5.86. The summed E-state index contributed by atoms with van der Waals surface area (Å²) in [7, 11) is 0. The van der Waals surface area contributed by atoms with Crippen molar-refractivity contribution in [3.8, 4) is 0 Å². The molecule has 6 heteroatoms. The van der Waals surface area contributed by atoms with Gasteiger partial charge in [-0.15, -0.1) is 24.8 Å². The fourth-order valence-corrected chi connectivity index (χ4v) is 4.04. The van der Waals surface area contributed by atoms with Crippen LogP contribution in [0.5, 0.6) is 0 Å². The molecule has 1 saturated carbocycles. The van der Waals surface area contributed by atoms with E-state index in [2.05, 4.69) is 40.5 Å². The molecule has 1 amide bonds. The monoisotopic (exact) mass is 401 g/mol. The normalized spacial score (nSPS) is 22.1. The predicted molar refractivity (Wildman–Crippen MR) is 112 cm³/mol. The average molecular weight is 402 g/mol. The Morgan fingerprint density at radius 1 is 1.15 bits per heavy atom. The van der Waals surface area contributed by atoms with E-state index in [-0.39, 0.29) is 30.7 Å². The molecule has 1 atom stereocenters. The summed E-state index contributed by atoms with van der Waals surface area (Å²) >= 11 is 0. The lowest BCUT2D eigenvalue weighted by Gasteiger charge is -2.32. The quantitative estimate of drug-likeness (QED) is 0.769. The van der Waals surface area contributed by atoms with Crippen molar-refractivity contribution < 1.29 is 4.79 Å². The lowest BCUT2D eigenvalue weighted by molar-refractivity contribution is -0.127. The largest absolute Gasteiger partial charge is 0.354 e. The van der Waals surface area contributed by atoms with Gasteiger partial charge in [0.25, 0.3) is 0 Å². The Kier molecular flexibility index (Phi) is 9.94. The van der Waals surface area contributed by atoms with Gasteiger partial charge in [-0.2, -0.15) is 0 Å². The Hall–Kier alpha value is -0.810. The van der Waals surface area contributed by atoms with Crippen LogP contribution < -0.4 is 11.1 Å². The van der Waals surface area contributed by atoms with Gasteiger partial charge >= 0.3 is 0 Å². The topological polar surface area (TPSA) is 58.4 Å². The summed E-state index contributed by atoms with van der Waals surface area (Å²) in [6.45, 7) is 4.11. The number of nitrogens with zero attached hydrogens (tertiary/aromatic N) is 1. The van der Waals surface area contributed by atoms with Crippen molar-refractivity contribution in [2.45, 2.75) is 50.5 Å². The van der Waals surface area contributed by atoms with E-state index in [9.17, 15) is 4.79 Å². The van der Waals surface area contributed by atoms with E-state index in [1.807, 2.05) is 0 Å². The van der Waals surface area contributed by atoms with Crippen molar-refractivity contribution in [3.05, 3.63) is 35.9 Å². The second-order valence-electron chi connectivity index (χ2n) is 7.62. The molecule has 3 N–H and O–H groups in total. The van der Waals surface area contributed by atoms with Gasteiger partial charge < -0.3 is 16.0 Å². The second kappa shape index (κ2) is 11.1. The van der Waals surface area contributed by atoms with E-state index in [1.165, 1.54) is 18.4 Å². The summed E-state index contributed by atoms with van der Waals surface area (Å²) in [4.78, 5) is 14.9. The molecule has 1 heterocycles. The first-order chi connectivity index (χ1) is 11.7. The Labute approximate surface area is 170 Å². The number of carbonyl (C=O) groups is 1. The first-order valence-electron chi connectivity index (χ1n) is 9.49. The molecule has 4 nitrogen and oxygen atoms in total. The lowest BCUT2D eigenvalue weighted by Crippen LogP contribution is -2.55. The average Bonchev–Trinajstić information content (AvgIpc) is 3.07. The maximum absolute atomic E-state index is 12.4. The van der Waals surface area contributed by atoms with Crippen LogP contribution in [-0.4, -0.2) is 42.5 Å². The van der Waals surface area contributed by atoms with Crippen LogP contribution in [0.4, 0.5) is 0 Å². The molecule has 1 aliphatic carbocycles. The fourth-order valence-electron chi connectivity index (χ4n) is 4.04. The van der Waals surface area contributed by atoms with Crippen LogP contribution in [0, 0.1) is 5.92 Å². The zero-order valence-electron chi connectivity index (χ0n) is 15.5. The smallest absolute Gasteiger partial charge is 0.240 e. The molecule has 1 aliphatic heterocycles. The first kappa shape index (κ1) is 23.2. The van der Waals surface area contributed by atoms with Gasteiger partial charge in [0.15, 0.2) is 0 Å². The Morgan fingerprint density at radius 2 is 1.85 bits per heavy atom. The van der Waals surface area contributed by atoms with E-state index in [0.717, 1.165) is 58.3 Å². The summed E-state index contributed by atoms with van der Waals surface area (Å²) in [5, 5.41) is 3.14. The first-order valence-corrected chi connectivity index (χ1v) is 9.49. The maximum atomic E-state index is 12.4. The number of benzene rings is 1. The van der Waals surface area contributed by atoms with Gasteiger partial charge in [0.05, 0.1) is 5.54 Å². The Morgan fingerprint density at radius 3 is 2.54 bits per heavy atom. The minimum atomic E-state index is -0.607. The molecule has 1 aromatic carbocycles. The third-order valence-corrected chi connectivity index (χ3v) is 5.68. The van der Waals surface area contributed by atoms with Gasteiger partial charge in [0.1, 0.15) is 0 Å². The number of hydrogen-bond donors (Lipinski definition) is 2. The van der Waals surface area contributed by atoms with E-state index >= 15 is 0 Å². The van der Waals surface area contributed by atoms with Gasteiger partial charge in [-0.25, -0.2) is 0 Å². The lowest BCUT2D eigenvalue weighted by atomic mass is 9.82. The molecule has 1 aromatic rings. The molecule has 26 heavy (non-hydrogen) atoms. The predicted octanol–water partition coefficient (Wildman–Crippen LogP) is 3.17. The molecule has 3 rings (SSSR count). The number of halogens is 2. The van der Waals surface area contributed by atoms with Gasteiger partial charge in [-0.05, 0) is 43.7 Å². The van der Waals surface area contributed by atoms with Gasteiger partial charge in [0.2, 0.25) is 5.91 Å². The van der Waals surface area contributed by atoms with Crippen LogP contribution in [0.15, 0.2) is 30.3 Å². The van der Waals surface area contributed by atoms with E-state index in [0.29, 0.717) is 5.92 Å². The number of nitrogens with two attached hydrogens (primary N) is 1. The van der Waals surface area contributed by atoms with Crippen LogP contribution in [-0.2, 0) is 11.2 Å². The van der Waals surface area contributed by atoms with Crippen molar-refractivity contribution >= 4 is 30.7 Å².